The molecule has 0 radical (unpaired) electrons. The molecule has 0 aliphatic carbocycles. The summed E-state index contributed by atoms with van der Waals surface area (Å²) in [6, 6.07) is 13.5. The molecule has 1 aliphatic rings. The molecule has 0 bridgehead atoms. The summed E-state index contributed by atoms with van der Waals surface area (Å²) in [5.41, 5.74) is 0.0976. The topological polar surface area (TPSA) is 70.2 Å². The maximum atomic E-state index is 14.2. The van der Waals surface area contributed by atoms with Gasteiger partial charge in [-0.1, -0.05) is 41.4 Å². The molecule has 0 fully saturated rings. The lowest BCUT2D eigenvalue weighted by Crippen LogP contribution is -2.44. The highest BCUT2D eigenvalue weighted by Crippen LogP contribution is 2.43. The zero-order valence-electron chi connectivity index (χ0n) is 16.7. The van der Waals surface area contributed by atoms with Crippen LogP contribution >= 0.6 is 23.2 Å². The summed E-state index contributed by atoms with van der Waals surface area (Å²) in [4.78, 5) is 25.7. The fourth-order valence-electron chi connectivity index (χ4n) is 3.84. The number of carbonyl (C=O) groups excluding carboxylic acids is 2. The molecule has 1 aliphatic heterocycles. The van der Waals surface area contributed by atoms with Gasteiger partial charge in [-0.15, -0.1) is 0 Å². The number of amides is 2. The molecule has 0 saturated carbocycles. The Morgan fingerprint density at radius 2 is 1.75 bits per heavy atom. The van der Waals surface area contributed by atoms with E-state index >= 15 is 0 Å². The van der Waals surface area contributed by atoms with E-state index in [4.69, 9.17) is 23.2 Å². The first-order valence-corrected chi connectivity index (χ1v) is 10.3. The minimum atomic E-state index is -1.45. The van der Waals surface area contributed by atoms with Crippen LogP contribution in [0.1, 0.15) is 21.5 Å². The number of benzene rings is 3. The van der Waals surface area contributed by atoms with Crippen molar-refractivity contribution in [3.63, 3.8) is 0 Å². The van der Waals surface area contributed by atoms with Crippen molar-refractivity contribution in [2.24, 2.45) is 0 Å². The van der Waals surface area contributed by atoms with E-state index in [0.29, 0.717) is 26.9 Å². The summed E-state index contributed by atoms with van der Waals surface area (Å²) in [5, 5.41) is 9.11. The highest BCUT2D eigenvalue weighted by Gasteiger charge is 2.47. The van der Waals surface area contributed by atoms with Gasteiger partial charge in [0.1, 0.15) is 5.54 Å². The highest BCUT2D eigenvalue weighted by molar-refractivity contribution is 6.31. The molecule has 1 atom stereocenters. The molecule has 3 aromatic carbocycles. The van der Waals surface area contributed by atoms with Crippen LogP contribution in [0.2, 0.25) is 10.0 Å². The van der Waals surface area contributed by atoms with Gasteiger partial charge < -0.3 is 16.0 Å². The van der Waals surface area contributed by atoms with Crippen LogP contribution in [0.5, 0.6) is 0 Å². The van der Waals surface area contributed by atoms with Gasteiger partial charge in [0.2, 0.25) is 0 Å². The van der Waals surface area contributed by atoms with Gasteiger partial charge in [0.05, 0.1) is 11.3 Å². The van der Waals surface area contributed by atoms with Crippen molar-refractivity contribution in [3.05, 3.63) is 93.0 Å². The van der Waals surface area contributed by atoms with Gasteiger partial charge in [-0.05, 0) is 35.9 Å². The number of carbonyl (C=O) groups is 2. The second kappa shape index (κ2) is 8.41. The third-order valence-electron chi connectivity index (χ3n) is 5.32. The van der Waals surface area contributed by atoms with E-state index < -0.39 is 29.0 Å². The SMILES string of the molecule is CNC(=O)c1cc(F)c(F)cc1NC1(Cc2cccc(Cl)c2)C(=O)Nc2cc(Cl)ccc21. The predicted molar refractivity (Wildman–Crippen MR) is 120 cm³/mol. The molecule has 1 unspecified atom stereocenters. The number of nitrogens with one attached hydrogen (secondary N) is 3. The third kappa shape index (κ3) is 3.89. The van der Waals surface area contributed by atoms with E-state index in [-0.39, 0.29) is 17.7 Å². The molecule has 3 N–H and O–H groups in total. The molecule has 4 rings (SSSR count). The lowest BCUT2D eigenvalue weighted by molar-refractivity contribution is -0.119. The summed E-state index contributed by atoms with van der Waals surface area (Å²) in [6.45, 7) is 0. The summed E-state index contributed by atoms with van der Waals surface area (Å²) in [7, 11) is 1.37. The normalized spacial score (nSPS) is 17.0. The minimum absolute atomic E-state index is 0.0387. The van der Waals surface area contributed by atoms with Gasteiger partial charge in [-0.2, -0.15) is 0 Å². The van der Waals surface area contributed by atoms with Crippen LogP contribution in [0.15, 0.2) is 54.6 Å². The van der Waals surface area contributed by atoms with Crippen molar-refractivity contribution in [1.82, 2.24) is 5.32 Å². The molecule has 0 aromatic heterocycles. The lowest BCUT2D eigenvalue weighted by atomic mass is 9.84. The number of fused-ring (bicyclic) bond motifs is 1. The standard InChI is InChI=1S/C23H17Cl2F2N3O2/c1-28-21(31)15-9-17(26)18(27)10-19(15)30-23(11-12-3-2-4-13(24)7-12)16-6-5-14(25)8-20(16)29-22(23)32/h2-10,30H,11H2,1H3,(H,28,31)(H,29,32). The Kier molecular flexibility index (Phi) is 5.79. The van der Waals surface area contributed by atoms with E-state index in [1.165, 1.54) is 7.05 Å². The van der Waals surface area contributed by atoms with Gasteiger partial charge in [-0.3, -0.25) is 9.59 Å². The van der Waals surface area contributed by atoms with E-state index in [0.717, 1.165) is 12.1 Å². The fourth-order valence-corrected chi connectivity index (χ4v) is 4.23. The Bertz CT molecular complexity index is 1250. The van der Waals surface area contributed by atoms with Gasteiger partial charge in [0, 0.05) is 40.8 Å². The van der Waals surface area contributed by atoms with Gasteiger partial charge in [0.25, 0.3) is 11.8 Å². The lowest BCUT2D eigenvalue weighted by Gasteiger charge is -2.31. The van der Waals surface area contributed by atoms with Crippen LogP contribution in [0, 0.1) is 11.6 Å². The quantitative estimate of drug-likeness (QED) is 0.478. The summed E-state index contributed by atoms with van der Waals surface area (Å²) in [5.74, 6) is -3.42. The van der Waals surface area contributed by atoms with Crippen molar-refractivity contribution in [2.45, 2.75) is 12.0 Å². The Balaban J connectivity index is 1.90. The Labute approximate surface area is 192 Å². The molecule has 0 spiro atoms. The molecule has 3 aromatic rings. The summed E-state index contributed by atoms with van der Waals surface area (Å²) < 4.78 is 28.1. The molecule has 5 nitrogen and oxygen atoms in total. The minimum Gasteiger partial charge on any atom is -0.367 e. The first-order chi connectivity index (χ1) is 15.2. The van der Waals surface area contributed by atoms with Crippen molar-refractivity contribution >= 4 is 46.4 Å². The number of hydrogen-bond acceptors (Lipinski definition) is 3. The van der Waals surface area contributed by atoms with Crippen LogP contribution in [-0.4, -0.2) is 18.9 Å². The van der Waals surface area contributed by atoms with Crippen molar-refractivity contribution in [3.8, 4) is 0 Å². The summed E-state index contributed by atoms with van der Waals surface area (Å²) in [6.07, 6.45) is 0.111. The van der Waals surface area contributed by atoms with Crippen LogP contribution < -0.4 is 16.0 Å². The number of hydrogen-bond donors (Lipinski definition) is 3. The molecule has 32 heavy (non-hydrogen) atoms. The maximum Gasteiger partial charge on any atom is 0.255 e. The predicted octanol–water partition coefficient (Wildman–Crippen LogP) is 5.13. The Hall–Kier alpha value is -3.16. The first-order valence-electron chi connectivity index (χ1n) is 9.59. The second-order valence-electron chi connectivity index (χ2n) is 7.37. The average molecular weight is 476 g/mol. The average Bonchev–Trinajstić information content (AvgIpc) is 3.00. The smallest absolute Gasteiger partial charge is 0.255 e. The van der Waals surface area contributed by atoms with E-state index in [1.54, 1.807) is 42.5 Å². The highest BCUT2D eigenvalue weighted by atomic mass is 35.5. The van der Waals surface area contributed by atoms with Crippen LogP contribution in [0.4, 0.5) is 20.2 Å². The zero-order chi connectivity index (χ0) is 23.0. The second-order valence-corrected chi connectivity index (χ2v) is 8.24. The van der Waals surface area contributed by atoms with Crippen molar-refractivity contribution < 1.29 is 18.4 Å². The van der Waals surface area contributed by atoms with Gasteiger partial charge >= 0.3 is 0 Å². The molecule has 2 amide bonds. The largest absolute Gasteiger partial charge is 0.367 e. The molecular formula is C23H17Cl2F2N3O2. The third-order valence-corrected chi connectivity index (χ3v) is 5.79. The zero-order valence-corrected chi connectivity index (χ0v) is 18.2. The van der Waals surface area contributed by atoms with E-state index in [2.05, 4.69) is 16.0 Å². The molecule has 164 valence electrons. The summed E-state index contributed by atoms with van der Waals surface area (Å²) >= 11 is 12.2. The Morgan fingerprint density at radius 1 is 1.03 bits per heavy atom. The van der Waals surface area contributed by atoms with Crippen molar-refractivity contribution in [2.75, 3.05) is 17.7 Å². The number of halogens is 4. The first kappa shape index (κ1) is 22.0. The van der Waals surface area contributed by atoms with E-state index in [1.807, 2.05) is 0 Å². The number of rotatable bonds is 5. The fraction of sp³-hybridized carbons (Fsp3) is 0.130. The van der Waals surface area contributed by atoms with Crippen LogP contribution in [0.25, 0.3) is 0 Å². The van der Waals surface area contributed by atoms with Gasteiger partial charge in [0.15, 0.2) is 11.6 Å². The molecule has 0 saturated heterocycles. The molecule has 9 heteroatoms. The van der Waals surface area contributed by atoms with Crippen molar-refractivity contribution in [1.29, 1.82) is 0 Å². The monoisotopic (exact) mass is 475 g/mol. The molecular weight excluding hydrogens is 459 g/mol. The van der Waals surface area contributed by atoms with E-state index in [9.17, 15) is 18.4 Å². The van der Waals surface area contributed by atoms with Crippen LogP contribution in [-0.2, 0) is 16.8 Å². The van der Waals surface area contributed by atoms with Crippen LogP contribution in [0.3, 0.4) is 0 Å². The van der Waals surface area contributed by atoms with Gasteiger partial charge in [-0.25, -0.2) is 8.78 Å². The number of anilines is 2. The Morgan fingerprint density at radius 3 is 2.47 bits per heavy atom. The maximum absolute atomic E-state index is 14.2. The molecule has 1 heterocycles.